The number of nitrogens with zero attached hydrogens (tertiary/aromatic N) is 3. The third kappa shape index (κ3) is 3.40. The van der Waals surface area contributed by atoms with E-state index in [1.54, 1.807) is 0 Å². The van der Waals surface area contributed by atoms with E-state index >= 15 is 0 Å². The zero-order chi connectivity index (χ0) is 22.5. The zero-order valence-electron chi connectivity index (χ0n) is 16.5. The third-order valence-electron chi connectivity index (χ3n) is 5.53. The predicted molar refractivity (Wildman–Crippen MR) is 103 cm³/mol. The van der Waals surface area contributed by atoms with E-state index < -0.39 is 46.4 Å². The van der Waals surface area contributed by atoms with Crippen molar-refractivity contribution in [2.24, 2.45) is 0 Å². The first-order valence-corrected chi connectivity index (χ1v) is 9.25. The van der Waals surface area contributed by atoms with Gasteiger partial charge in [-0.1, -0.05) is 0 Å². The molecule has 0 radical (unpaired) electrons. The number of methoxy groups -OCH3 is 1. The molecule has 1 fully saturated rings. The maximum absolute atomic E-state index is 14.1. The van der Waals surface area contributed by atoms with Crippen LogP contribution in [0.4, 0.5) is 13.2 Å². The van der Waals surface area contributed by atoms with Gasteiger partial charge in [0, 0.05) is 19.6 Å². The van der Waals surface area contributed by atoms with Crippen molar-refractivity contribution in [1.29, 1.82) is 0 Å². The molecule has 1 aromatic carbocycles. The molecular weight excluding hydrogens is 417 g/mol. The summed E-state index contributed by atoms with van der Waals surface area (Å²) in [6.07, 6.45) is 0.697. The molecule has 0 bridgehead atoms. The van der Waals surface area contributed by atoms with Crippen LogP contribution in [-0.4, -0.2) is 38.2 Å². The molecule has 11 heteroatoms. The standard InChI is InChI=1S/C20H17F3N4O4/c1-20(31-2)7-16(18(29)26(20)9-15-13(23)6-11(22)8-24-15)27-17(28)12-5-10(21)3-4-14(12)25-19(27)30/h3-6,8,16H,7,9H2,1-2H3,(H,25,30). The number of H-pyrrole nitrogens is 1. The summed E-state index contributed by atoms with van der Waals surface area (Å²) in [7, 11) is 1.32. The van der Waals surface area contributed by atoms with Gasteiger partial charge in [0.15, 0.2) is 0 Å². The fourth-order valence-corrected chi connectivity index (χ4v) is 3.80. The van der Waals surface area contributed by atoms with Crippen LogP contribution in [0.15, 0.2) is 40.1 Å². The van der Waals surface area contributed by atoms with Crippen LogP contribution in [0.1, 0.15) is 25.1 Å². The second kappa shape index (κ2) is 7.34. The van der Waals surface area contributed by atoms with Crippen molar-refractivity contribution < 1.29 is 22.7 Å². The Hall–Kier alpha value is -3.47. The molecule has 0 spiro atoms. The molecule has 162 valence electrons. The second-order valence-corrected chi connectivity index (χ2v) is 7.40. The highest BCUT2D eigenvalue weighted by Gasteiger charge is 2.50. The quantitative estimate of drug-likeness (QED) is 0.676. The van der Waals surface area contributed by atoms with Gasteiger partial charge in [0.2, 0.25) is 5.91 Å². The zero-order valence-corrected chi connectivity index (χ0v) is 16.5. The Kier molecular flexibility index (Phi) is 4.92. The van der Waals surface area contributed by atoms with Gasteiger partial charge in [-0.2, -0.15) is 0 Å². The second-order valence-electron chi connectivity index (χ2n) is 7.40. The van der Waals surface area contributed by atoms with Crippen LogP contribution in [0.2, 0.25) is 0 Å². The molecule has 3 heterocycles. The van der Waals surface area contributed by atoms with E-state index in [1.807, 2.05) is 0 Å². The van der Waals surface area contributed by atoms with Gasteiger partial charge in [-0.3, -0.25) is 14.6 Å². The number of aromatic nitrogens is 3. The number of carbonyl (C=O) groups excluding carboxylic acids is 1. The SMILES string of the molecule is COC1(C)CC(n2c(=O)[nH]c3ccc(F)cc3c2=O)C(=O)N1Cc1ncc(F)cc1F. The van der Waals surface area contributed by atoms with Crippen molar-refractivity contribution in [3.63, 3.8) is 0 Å². The summed E-state index contributed by atoms with van der Waals surface area (Å²) in [6, 6.07) is 2.67. The minimum absolute atomic E-state index is 0.101. The van der Waals surface area contributed by atoms with Crippen LogP contribution in [0.5, 0.6) is 0 Å². The number of likely N-dealkylation sites (tertiary alicyclic amines) is 1. The first-order valence-electron chi connectivity index (χ1n) is 9.25. The van der Waals surface area contributed by atoms with E-state index in [9.17, 15) is 27.6 Å². The lowest BCUT2D eigenvalue weighted by Crippen LogP contribution is -2.45. The minimum atomic E-state index is -1.31. The number of ether oxygens (including phenoxy) is 1. The number of hydrogen-bond donors (Lipinski definition) is 1. The summed E-state index contributed by atoms with van der Waals surface area (Å²) >= 11 is 0. The van der Waals surface area contributed by atoms with Crippen LogP contribution in [0.3, 0.4) is 0 Å². The Balaban J connectivity index is 1.80. The minimum Gasteiger partial charge on any atom is -0.359 e. The number of pyridine rings is 1. The predicted octanol–water partition coefficient (Wildman–Crippen LogP) is 1.84. The number of aromatic amines is 1. The molecule has 8 nitrogen and oxygen atoms in total. The Labute approximate surface area is 172 Å². The molecule has 0 aliphatic carbocycles. The molecule has 1 aliphatic rings. The van der Waals surface area contributed by atoms with E-state index in [0.717, 1.165) is 23.2 Å². The molecular formula is C20H17F3N4O4. The van der Waals surface area contributed by atoms with E-state index in [4.69, 9.17) is 4.74 Å². The van der Waals surface area contributed by atoms with Gasteiger partial charge in [-0.25, -0.2) is 22.5 Å². The summed E-state index contributed by atoms with van der Waals surface area (Å²) in [5.41, 5.74) is -3.09. The molecule has 1 N–H and O–H groups in total. The van der Waals surface area contributed by atoms with Crippen LogP contribution in [0.25, 0.3) is 10.9 Å². The number of carbonyl (C=O) groups is 1. The summed E-state index contributed by atoms with van der Waals surface area (Å²) in [5, 5.41) is -0.101. The molecule has 3 aromatic rings. The maximum Gasteiger partial charge on any atom is 0.329 e. The summed E-state index contributed by atoms with van der Waals surface area (Å²) in [4.78, 5) is 46.0. The number of rotatable bonds is 4. The first kappa shape index (κ1) is 20.8. The summed E-state index contributed by atoms with van der Waals surface area (Å²) < 4.78 is 47.1. The average Bonchev–Trinajstić information content (AvgIpc) is 2.96. The number of amides is 1. The van der Waals surface area contributed by atoms with Gasteiger partial charge >= 0.3 is 5.69 Å². The highest BCUT2D eigenvalue weighted by Crippen LogP contribution is 2.37. The Morgan fingerprint density at radius 3 is 2.61 bits per heavy atom. The molecule has 2 aromatic heterocycles. The Bertz CT molecular complexity index is 1320. The number of hydrogen-bond acceptors (Lipinski definition) is 5. The molecule has 1 amide bonds. The third-order valence-corrected chi connectivity index (χ3v) is 5.53. The van der Waals surface area contributed by atoms with Gasteiger partial charge in [0.25, 0.3) is 5.56 Å². The largest absolute Gasteiger partial charge is 0.359 e. The van der Waals surface area contributed by atoms with Gasteiger partial charge in [0.05, 0.1) is 29.3 Å². The van der Waals surface area contributed by atoms with Gasteiger partial charge in [-0.15, -0.1) is 0 Å². The van der Waals surface area contributed by atoms with Crippen molar-refractivity contribution in [1.82, 2.24) is 19.4 Å². The normalized spacial score (nSPS) is 21.3. The molecule has 1 aliphatic heterocycles. The lowest BCUT2D eigenvalue weighted by atomic mass is 10.1. The van der Waals surface area contributed by atoms with Crippen molar-refractivity contribution in [3.05, 3.63) is 74.4 Å². The van der Waals surface area contributed by atoms with Crippen LogP contribution >= 0.6 is 0 Å². The van der Waals surface area contributed by atoms with Crippen molar-refractivity contribution in [2.45, 2.75) is 31.7 Å². The van der Waals surface area contributed by atoms with Crippen LogP contribution in [0, 0.1) is 17.5 Å². The Morgan fingerprint density at radius 1 is 1.19 bits per heavy atom. The molecule has 2 unspecified atom stereocenters. The lowest BCUT2D eigenvalue weighted by Gasteiger charge is -2.33. The number of fused-ring (bicyclic) bond motifs is 1. The molecule has 31 heavy (non-hydrogen) atoms. The molecule has 2 atom stereocenters. The highest BCUT2D eigenvalue weighted by molar-refractivity contribution is 5.84. The Morgan fingerprint density at radius 2 is 1.94 bits per heavy atom. The van der Waals surface area contributed by atoms with E-state index in [0.29, 0.717) is 10.6 Å². The molecule has 0 saturated carbocycles. The molecule has 4 rings (SSSR count). The monoisotopic (exact) mass is 434 g/mol. The van der Waals surface area contributed by atoms with E-state index in [1.165, 1.54) is 20.1 Å². The average molecular weight is 434 g/mol. The highest BCUT2D eigenvalue weighted by atomic mass is 19.1. The number of halogens is 3. The van der Waals surface area contributed by atoms with Gasteiger partial charge in [-0.05, 0) is 25.1 Å². The molecule has 1 saturated heterocycles. The van der Waals surface area contributed by atoms with Gasteiger partial charge < -0.3 is 14.6 Å². The fraction of sp³-hybridized carbons (Fsp3) is 0.300. The fourth-order valence-electron chi connectivity index (χ4n) is 3.80. The van der Waals surface area contributed by atoms with Crippen LogP contribution < -0.4 is 11.2 Å². The summed E-state index contributed by atoms with van der Waals surface area (Å²) in [5.74, 6) is -3.20. The van der Waals surface area contributed by atoms with Crippen molar-refractivity contribution in [2.75, 3.05) is 7.11 Å². The maximum atomic E-state index is 14.1. The van der Waals surface area contributed by atoms with Gasteiger partial charge in [0.1, 0.15) is 29.2 Å². The van der Waals surface area contributed by atoms with Crippen molar-refractivity contribution >= 4 is 16.8 Å². The van der Waals surface area contributed by atoms with Crippen LogP contribution in [-0.2, 0) is 16.1 Å². The smallest absolute Gasteiger partial charge is 0.329 e. The lowest BCUT2D eigenvalue weighted by molar-refractivity contribution is -0.150. The summed E-state index contributed by atoms with van der Waals surface area (Å²) in [6.45, 7) is 1.16. The number of benzene rings is 1. The number of nitrogens with one attached hydrogen (secondary N) is 1. The van der Waals surface area contributed by atoms with E-state index in [2.05, 4.69) is 9.97 Å². The first-order chi connectivity index (χ1) is 14.6. The van der Waals surface area contributed by atoms with Crippen molar-refractivity contribution in [3.8, 4) is 0 Å². The van der Waals surface area contributed by atoms with E-state index in [-0.39, 0.29) is 29.6 Å². The topological polar surface area (TPSA) is 97.3 Å².